The third-order valence-electron chi connectivity index (χ3n) is 6.18. The summed E-state index contributed by atoms with van der Waals surface area (Å²) in [6.45, 7) is 2.00. The van der Waals surface area contributed by atoms with Crippen LogP contribution in [0.15, 0.2) is 86.6 Å². The number of terminal acetylenes is 1. The van der Waals surface area contributed by atoms with Crippen LogP contribution < -0.4 is 19.6 Å². The highest BCUT2D eigenvalue weighted by molar-refractivity contribution is 14.1. The van der Waals surface area contributed by atoms with Gasteiger partial charge in [0.25, 0.3) is 5.56 Å². The van der Waals surface area contributed by atoms with E-state index < -0.39 is 12.0 Å². The number of carbonyl (C=O) groups excluding carboxylic acids is 1. The predicted octanol–water partition coefficient (Wildman–Crippen LogP) is 5.97. The topological polar surface area (TPSA) is 69.9 Å². The molecule has 0 bridgehead atoms. The zero-order valence-electron chi connectivity index (χ0n) is 21.6. The molecule has 10 heteroatoms. The molecule has 0 amide bonds. The SMILES string of the molecule is C#CCOc1c(I)cc(Br)cc1/C=c1\sc2n(c1=O)[C@@H](c1ccc(Cl)cc1)C(C(=O)OCC)=C(c1ccccc1)N=2. The van der Waals surface area contributed by atoms with Crippen molar-refractivity contribution in [1.82, 2.24) is 4.57 Å². The van der Waals surface area contributed by atoms with Gasteiger partial charge in [-0.25, -0.2) is 9.79 Å². The Kier molecular flexibility index (Phi) is 9.14. The average Bonchev–Trinajstić information content (AvgIpc) is 3.27. The highest BCUT2D eigenvalue weighted by Gasteiger charge is 2.35. The Balaban J connectivity index is 1.82. The summed E-state index contributed by atoms with van der Waals surface area (Å²) in [4.78, 5) is 33.0. The number of ether oxygens (including phenoxy) is 2. The van der Waals surface area contributed by atoms with Gasteiger partial charge in [0.05, 0.1) is 32.0 Å². The molecule has 0 unspecified atom stereocenters. The second-order valence-corrected chi connectivity index (χ2v) is 12.3. The van der Waals surface area contributed by atoms with Crippen molar-refractivity contribution >= 4 is 79.2 Å². The summed E-state index contributed by atoms with van der Waals surface area (Å²) in [5.74, 6) is 2.51. The summed E-state index contributed by atoms with van der Waals surface area (Å²) in [6.07, 6.45) is 7.20. The van der Waals surface area contributed by atoms with E-state index in [1.165, 1.54) is 11.3 Å². The Morgan fingerprint density at radius 3 is 2.63 bits per heavy atom. The lowest BCUT2D eigenvalue weighted by atomic mass is 9.93. The van der Waals surface area contributed by atoms with E-state index in [1.54, 1.807) is 41.8 Å². The number of hydrogen-bond donors (Lipinski definition) is 0. The quantitative estimate of drug-likeness (QED) is 0.133. The van der Waals surface area contributed by atoms with Crippen molar-refractivity contribution in [3.8, 4) is 18.1 Å². The molecule has 0 fully saturated rings. The Hall–Kier alpha value is -3.17. The smallest absolute Gasteiger partial charge is 0.338 e. The number of carbonyl (C=O) groups is 1. The van der Waals surface area contributed by atoms with Crippen molar-refractivity contribution in [2.75, 3.05) is 13.2 Å². The minimum Gasteiger partial charge on any atom is -0.479 e. The van der Waals surface area contributed by atoms with Crippen LogP contribution in [-0.2, 0) is 9.53 Å². The first-order chi connectivity index (χ1) is 19.8. The predicted molar refractivity (Wildman–Crippen MR) is 174 cm³/mol. The summed E-state index contributed by atoms with van der Waals surface area (Å²) >= 11 is 13.1. The molecular weight excluding hydrogens is 739 g/mol. The molecule has 1 aliphatic heterocycles. The molecule has 4 aromatic rings. The molecule has 3 aromatic carbocycles. The second-order valence-electron chi connectivity index (χ2n) is 8.78. The third-order valence-corrected chi connectivity index (χ3v) is 8.68. The van der Waals surface area contributed by atoms with Crippen LogP contribution in [-0.4, -0.2) is 23.8 Å². The molecule has 0 saturated heterocycles. The van der Waals surface area contributed by atoms with Crippen molar-refractivity contribution in [2.24, 2.45) is 4.99 Å². The van der Waals surface area contributed by atoms with E-state index in [0.29, 0.717) is 36.9 Å². The number of rotatable bonds is 7. The average molecular weight is 760 g/mol. The Morgan fingerprint density at radius 1 is 1.22 bits per heavy atom. The van der Waals surface area contributed by atoms with Crippen molar-refractivity contribution in [1.29, 1.82) is 0 Å². The number of aromatic nitrogens is 1. The van der Waals surface area contributed by atoms with Gasteiger partial charge in [0.1, 0.15) is 12.4 Å². The molecule has 1 atom stereocenters. The van der Waals surface area contributed by atoms with Crippen LogP contribution in [0.1, 0.15) is 29.7 Å². The zero-order valence-corrected chi connectivity index (χ0v) is 26.9. The molecular formula is C31H21BrClIN2O4S. The first kappa shape index (κ1) is 29.3. The minimum absolute atomic E-state index is 0.0830. The van der Waals surface area contributed by atoms with E-state index in [0.717, 1.165) is 13.6 Å². The van der Waals surface area contributed by atoms with Gasteiger partial charge >= 0.3 is 5.97 Å². The summed E-state index contributed by atoms with van der Waals surface area (Å²) in [5, 5.41) is 0.537. The Labute approximate surface area is 267 Å². The molecule has 0 saturated carbocycles. The largest absolute Gasteiger partial charge is 0.479 e. The van der Waals surface area contributed by atoms with E-state index in [1.807, 2.05) is 42.5 Å². The van der Waals surface area contributed by atoms with Crippen LogP contribution in [0, 0.1) is 15.9 Å². The maximum Gasteiger partial charge on any atom is 0.338 e. The first-order valence-electron chi connectivity index (χ1n) is 12.4. The molecule has 0 spiro atoms. The minimum atomic E-state index is -0.792. The molecule has 41 heavy (non-hydrogen) atoms. The van der Waals surface area contributed by atoms with Crippen molar-refractivity contribution in [2.45, 2.75) is 13.0 Å². The standard InChI is InChI=1S/C31H21BrClIN2O4S/c1-3-14-40-28-20(15-21(32)17-23(28)34)16-24-29(37)36-27(19-10-12-22(33)13-11-19)25(30(38)39-4-2)26(35-31(36)41-24)18-8-6-5-7-9-18/h1,5-13,15-17,27H,4,14H2,2H3/b24-16-/t27-/m0/s1. The zero-order chi connectivity index (χ0) is 29.1. The number of nitrogens with zero attached hydrogens (tertiary/aromatic N) is 2. The highest BCUT2D eigenvalue weighted by atomic mass is 127. The van der Waals surface area contributed by atoms with Crippen molar-refractivity contribution in [3.63, 3.8) is 0 Å². The summed E-state index contributed by atoms with van der Waals surface area (Å²) in [5.41, 5.74) is 2.53. The lowest BCUT2D eigenvalue weighted by Crippen LogP contribution is -2.40. The van der Waals surface area contributed by atoms with Crippen molar-refractivity contribution in [3.05, 3.63) is 122 Å². The van der Waals surface area contributed by atoms with Gasteiger partial charge in [-0.1, -0.05) is 87.3 Å². The van der Waals surface area contributed by atoms with Gasteiger partial charge in [0.2, 0.25) is 0 Å². The summed E-state index contributed by atoms with van der Waals surface area (Å²) in [6, 6.07) is 19.5. The number of hydrogen-bond acceptors (Lipinski definition) is 6. The number of halogens is 3. The molecule has 206 valence electrons. The van der Waals surface area contributed by atoms with Crippen LogP contribution in [0.4, 0.5) is 0 Å². The van der Waals surface area contributed by atoms with Crippen LogP contribution in [0.25, 0.3) is 11.8 Å². The maximum absolute atomic E-state index is 14.1. The monoisotopic (exact) mass is 758 g/mol. The maximum atomic E-state index is 14.1. The lowest BCUT2D eigenvalue weighted by Gasteiger charge is -2.26. The van der Waals surface area contributed by atoms with Gasteiger partial charge in [-0.05, 0) is 65.4 Å². The van der Waals surface area contributed by atoms with Crippen LogP contribution in [0.3, 0.4) is 0 Å². The van der Waals surface area contributed by atoms with E-state index in [4.69, 9.17) is 32.5 Å². The molecule has 0 radical (unpaired) electrons. The molecule has 1 aliphatic rings. The normalized spacial score (nSPS) is 14.7. The molecule has 6 nitrogen and oxygen atoms in total. The van der Waals surface area contributed by atoms with Crippen LogP contribution >= 0.6 is 61.5 Å². The summed E-state index contributed by atoms with van der Waals surface area (Å²) in [7, 11) is 0. The van der Waals surface area contributed by atoms with Crippen LogP contribution in [0.2, 0.25) is 5.02 Å². The fourth-order valence-corrected chi connectivity index (χ4v) is 7.32. The lowest BCUT2D eigenvalue weighted by molar-refractivity contribution is -0.138. The van der Waals surface area contributed by atoms with Crippen molar-refractivity contribution < 1.29 is 14.3 Å². The number of fused-ring (bicyclic) bond motifs is 1. The number of thiazole rings is 1. The highest BCUT2D eigenvalue weighted by Crippen LogP contribution is 2.36. The molecule has 0 aliphatic carbocycles. The Bertz CT molecular complexity index is 1890. The molecule has 5 rings (SSSR count). The number of benzene rings is 3. The third kappa shape index (κ3) is 6.06. The fourth-order valence-electron chi connectivity index (χ4n) is 4.50. The second kappa shape index (κ2) is 12.8. The van der Waals surface area contributed by atoms with E-state index in [9.17, 15) is 9.59 Å². The molecule has 1 aromatic heterocycles. The molecule has 2 heterocycles. The molecule has 0 N–H and O–H groups in total. The van der Waals surface area contributed by atoms with Gasteiger partial charge in [-0.15, -0.1) is 6.42 Å². The van der Waals surface area contributed by atoms with Gasteiger partial charge in [0, 0.05) is 20.6 Å². The first-order valence-corrected chi connectivity index (χ1v) is 15.5. The van der Waals surface area contributed by atoms with E-state index in [2.05, 4.69) is 44.4 Å². The number of esters is 1. The van der Waals surface area contributed by atoms with Crippen LogP contribution in [0.5, 0.6) is 5.75 Å². The van der Waals surface area contributed by atoms with E-state index in [-0.39, 0.29) is 24.3 Å². The van der Waals surface area contributed by atoms with Gasteiger partial charge < -0.3 is 9.47 Å². The fraction of sp³-hybridized carbons (Fsp3) is 0.129. The van der Waals surface area contributed by atoms with Gasteiger partial charge in [-0.2, -0.15) is 0 Å². The van der Waals surface area contributed by atoms with Gasteiger partial charge in [-0.3, -0.25) is 9.36 Å². The van der Waals surface area contributed by atoms with Gasteiger partial charge in [0.15, 0.2) is 4.80 Å². The van der Waals surface area contributed by atoms with E-state index >= 15 is 0 Å². The summed E-state index contributed by atoms with van der Waals surface area (Å²) < 4.78 is 15.0. The Morgan fingerprint density at radius 2 is 1.95 bits per heavy atom.